The molecule has 15 heavy (non-hydrogen) atoms. The highest BCUT2D eigenvalue weighted by atomic mass is 16.4. The van der Waals surface area contributed by atoms with Crippen LogP contribution in [0.5, 0.6) is 0 Å². The summed E-state index contributed by atoms with van der Waals surface area (Å²) in [7, 11) is 0. The quantitative estimate of drug-likeness (QED) is 0.689. The fraction of sp³-hybridized carbons (Fsp3) is 0.636. The van der Waals surface area contributed by atoms with Crippen molar-refractivity contribution in [2.45, 2.75) is 38.6 Å². The van der Waals surface area contributed by atoms with Crippen LogP contribution in [-0.4, -0.2) is 23.0 Å². The summed E-state index contributed by atoms with van der Waals surface area (Å²) in [5, 5.41) is 11.4. The molecule has 0 saturated heterocycles. The average molecular weight is 211 g/mol. The maximum atomic E-state index is 10.9. The van der Waals surface area contributed by atoms with E-state index in [1.807, 2.05) is 0 Å². The van der Waals surface area contributed by atoms with Gasteiger partial charge in [0.05, 0.1) is 0 Å². The molecule has 0 aromatic carbocycles. The van der Waals surface area contributed by atoms with Crippen LogP contribution in [0.1, 0.15) is 32.6 Å². The first-order valence-corrected chi connectivity index (χ1v) is 5.26. The third-order valence-electron chi connectivity index (χ3n) is 2.57. The first-order chi connectivity index (χ1) is 7.09. The van der Waals surface area contributed by atoms with Gasteiger partial charge in [0.15, 0.2) is 0 Å². The lowest BCUT2D eigenvalue weighted by molar-refractivity contribution is -0.142. The molecule has 0 aliphatic heterocycles. The topological polar surface area (TPSA) is 66.4 Å². The van der Waals surface area contributed by atoms with Crippen LogP contribution >= 0.6 is 0 Å². The van der Waals surface area contributed by atoms with Gasteiger partial charge in [-0.3, -0.25) is 4.79 Å². The summed E-state index contributed by atoms with van der Waals surface area (Å²) in [5.41, 5.74) is 0. The first-order valence-electron chi connectivity index (χ1n) is 5.26. The standard InChI is InChI=1S/C11H17NO3/c1-8(13)12-10(11(14)15)7-9-5-3-2-4-6-9/h3,5,9-10H,2,4,6-7H2,1H3,(H,12,13)(H,14,15). The third-order valence-corrected chi connectivity index (χ3v) is 2.57. The number of nitrogens with one attached hydrogen (secondary N) is 1. The number of amides is 1. The van der Waals surface area contributed by atoms with Crippen molar-refractivity contribution >= 4 is 11.9 Å². The van der Waals surface area contributed by atoms with Gasteiger partial charge in [0, 0.05) is 6.92 Å². The van der Waals surface area contributed by atoms with Gasteiger partial charge in [-0.1, -0.05) is 12.2 Å². The minimum absolute atomic E-state index is 0.284. The van der Waals surface area contributed by atoms with Crippen molar-refractivity contribution in [2.24, 2.45) is 5.92 Å². The Bertz CT molecular complexity index is 273. The zero-order valence-corrected chi connectivity index (χ0v) is 8.90. The van der Waals surface area contributed by atoms with E-state index in [4.69, 9.17) is 5.11 Å². The third kappa shape index (κ3) is 4.14. The second-order valence-electron chi connectivity index (χ2n) is 3.95. The van der Waals surface area contributed by atoms with E-state index in [-0.39, 0.29) is 11.8 Å². The molecule has 2 atom stereocenters. The average Bonchev–Trinajstić information content (AvgIpc) is 2.17. The predicted octanol–water partition coefficient (Wildman–Crippen LogP) is 1.32. The van der Waals surface area contributed by atoms with E-state index in [1.54, 1.807) is 0 Å². The number of carbonyl (C=O) groups excluding carboxylic acids is 1. The second-order valence-corrected chi connectivity index (χ2v) is 3.95. The summed E-state index contributed by atoms with van der Waals surface area (Å²) in [5.74, 6) is -0.960. The van der Waals surface area contributed by atoms with Crippen LogP contribution in [0.15, 0.2) is 12.2 Å². The Hall–Kier alpha value is -1.32. The predicted molar refractivity (Wildman–Crippen MR) is 56.3 cm³/mol. The van der Waals surface area contributed by atoms with Crippen LogP contribution in [0.4, 0.5) is 0 Å². The van der Waals surface area contributed by atoms with Crippen molar-refractivity contribution < 1.29 is 14.7 Å². The molecule has 4 nitrogen and oxygen atoms in total. The summed E-state index contributed by atoms with van der Waals surface area (Å²) in [6.07, 6.45) is 7.83. The Balaban J connectivity index is 2.49. The van der Waals surface area contributed by atoms with Crippen LogP contribution in [0.3, 0.4) is 0 Å². The molecule has 0 fully saturated rings. The highest BCUT2D eigenvalue weighted by Gasteiger charge is 2.22. The molecule has 1 aliphatic carbocycles. The van der Waals surface area contributed by atoms with Crippen LogP contribution in [0.2, 0.25) is 0 Å². The molecule has 1 rings (SSSR count). The van der Waals surface area contributed by atoms with Gasteiger partial charge >= 0.3 is 5.97 Å². The van der Waals surface area contributed by atoms with E-state index in [9.17, 15) is 9.59 Å². The fourth-order valence-corrected chi connectivity index (χ4v) is 1.85. The Kier molecular flexibility index (Phi) is 4.34. The monoisotopic (exact) mass is 211 g/mol. The van der Waals surface area contributed by atoms with E-state index in [0.717, 1.165) is 19.3 Å². The molecular formula is C11H17NO3. The minimum Gasteiger partial charge on any atom is -0.480 e. The highest BCUT2D eigenvalue weighted by Crippen LogP contribution is 2.21. The lowest BCUT2D eigenvalue weighted by atomic mass is 9.90. The van der Waals surface area contributed by atoms with Crippen LogP contribution in [0, 0.1) is 5.92 Å². The van der Waals surface area contributed by atoms with Crippen molar-refractivity contribution in [3.63, 3.8) is 0 Å². The van der Waals surface area contributed by atoms with Crippen LogP contribution in [-0.2, 0) is 9.59 Å². The van der Waals surface area contributed by atoms with Crippen molar-refractivity contribution in [3.05, 3.63) is 12.2 Å². The number of aliphatic carboxylic acids is 1. The molecule has 2 N–H and O–H groups in total. The van der Waals surface area contributed by atoms with Crippen molar-refractivity contribution in [3.8, 4) is 0 Å². The normalized spacial score (nSPS) is 22.1. The summed E-state index contributed by atoms with van der Waals surface area (Å²) >= 11 is 0. The summed E-state index contributed by atoms with van der Waals surface area (Å²) in [6, 6.07) is -0.754. The van der Waals surface area contributed by atoms with E-state index < -0.39 is 12.0 Å². The zero-order chi connectivity index (χ0) is 11.3. The Morgan fingerprint density at radius 1 is 1.60 bits per heavy atom. The molecule has 0 spiro atoms. The maximum Gasteiger partial charge on any atom is 0.326 e. The second kappa shape index (κ2) is 5.53. The van der Waals surface area contributed by atoms with Crippen molar-refractivity contribution in [1.29, 1.82) is 0 Å². The first kappa shape index (κ1) is 11.8. The van der Waals surface area contributed by atoms with Gasteiger partial charge in [-0.05, 0) is 31.6 Å². The van der Waals surface area contributed by atoms with E-state index >= 15 is 0 Å². The molecule has 84 valence electrons. The molecule has 0 aromatic rings. The molecular weight excluding hydrogens is 194 g/mol. The zero-order valence-electron chi connectivity index (χ0n) is 8.90. The minimum atomic E-state index is -0.954. The molecule has 1 amide bonds. The molecule has 0 aromatic heterocycles. The highest BCUT2D eigenvalue weighted by molar-refractivity contribution is 5.82. The van der Waals surface area contributed by atoms with Gasteiger partial charge in [-0.15, -0.1) is 0 Å². The number of carbonyl (C=O) groups is 2. The van der Waals surface area contributed by atoms with Gasteiger partial charge in [-0.25, -0.2) is 4.79 Å². The molecule has 1 aliphatic rings. The molecule has 4 heteroatoms. The van der Waals surface area contributed by atoms with Gasteiger partial charge in [0.2, 0.25) is 5.91 Å². The number of hydrogen-bond acceptors (Lipinski definition) is 2. The molecule has 0 radical (unpaired) electrons. The molecule has 0 heterocycles. The smallest absolute Gasteiger partial charge is 0.326 e. The lowest BCUT2D eigenvalue weighted by Gasteiger charge is -2.20. The maximum absolute atomic E-state index is 10.9. The summed E-state index contributed by atoms with van der Waals surface area (Å²) < 4.78 is 0. The van der Waals surface area contributed by atoms with Gasteiger partial charge in [-0.2, -0.15) is 0 Å². The Morgan fingerprint density at radius 3 is 2.80 bits per heavy atom. The molecule has 0 saturated carbocycles. The van der Waals surface area contributed by atoms with Gasteiger partial charge in [0.1, 0.15) is 6.04 Å². The summed E-state index contributed by atoms with van der Waals surface area (Å²) in [4.78, 5) is 21.7. The number of rotatable bonds is 4. The van der Waals surface area contributed by atoms with Gasteiger partial charge in [0.25, 0.3) is 0 Å². The van der Waals surface area contributed by atoms with Gasteiger partial charge < -0.3 is 10.4 Å². The number of allylic oxidation sites excluding steroid dienone is 2. The Morgan fingerprint density at radius 2 is 2.33 bits per heavy atom. The lowest BCUT2D eigenvalue weighted by Crippen LogP contribution is -2.40. The van der Waals surface area contributed by atoms with E-state index in [0.29, 0.717) is 6.42 Å². The molecule has 2 unspecified atom stereocenters. The molecule has 0 bridgehead atoms. The SMILES string of the molecule is CC(=O)NC(CC1C=CCCC1)C(=O)O. The fourth-order valence-electron chi connectivity index (χ4n) is 1.85. The van der Waals surface area contributed by atoms with Crippen LogP contribution in [0.25, 0.3) is 0 Å². The van der Waals surface area contributed by atoms with E-state index in [2.05, 4.69) is 17.5 Å². The van der Waals surface area contributed by atoms with Crippen LogP contribution < -0.4 is 5.32 Å². The number of carboxylic acid groups (broad SMARTS) is 1. The summed E-state index contributed by atoms with van der Waals surface area (Å²) in [6.45, 7) is 1.34. The number of carboxylic acids is 1. The Labute approximate surface area is 89.4 Å². The van der Waals surface area contributed by atoms with Crippen molar-refractivity contribution in [2.75, 3.05) is 0 Å². The number of hydrogen-bond donors (Lipinski definition) is 2. The van der Waals surface area contributed by atoms with E-state index in [1.165, 1.54) is 6.92 Å². The largest absolute Gasteiger partial charge is 0.480 e. The van der Waals surface area contributed by atoms with Crippen molar-refractivity contribution in [1.82, 2.24) is 5.32 Å².